The van der Waals surface area contributed by atoms with Crippen LogP contribution in [0.5, 0.6) is 11.5 Å². The number of benzene rings is 2. The largest absolute Gasteiger partial charge is 0.497 e. The van der Waals surface area contributed by atoms with Gasteiger partial charge in [0.15, 0.2) is 0 Å². The van der Waals surface area contributed by atoms with Crippen molar-refractivity contribution >= 4 is 23.3 Å². The highest BCUT2D eigenvalue weighted by molar-refractivity contribution is 6.04. The molecule has 2 fully saturated rings. The third-order valence-electron chi connectivity index (χ3n) is 7.42. The Balaban J connectivity index is 1.22. The van der Waals surface area contributed by atoms with Crippen LogP contribution in [0.25, 0.3) is 0 Å². The number of amides is 2. The number of aromatic nitrogens is 1. The fourth-order valence-corrected chi connectivity index (χ4v) is 5.59. The summed E-state index contributed by atoms with van der Waals surface area (Å²) in [5.41, 5.74) is 2.66. The Labute approximate surface area is 217 Å². The molecule has 3 heterocycles. The highest BCUT2D eigenvalue weighted by Crippen LogP contribution is 2.38. The van der Waals surface area contributed by atoms with E-state index in [9.17, 15) is 9.59 Å². The number of nitrogens with zero attached hydrogens (tertiary/aromatic N) is 2. The van der Waals surface area contributed by atoms with Crippen molar-refractivity contribution in [3.8, 4) is 11.5 Å². The molecule has 8 heteroatoms. The maximum absolute atomic E-state index is 13.0. The summed E-state index contributed by atoms with van der Waals surface area (Å²) < 4.78 is 10.6. The molecule has 2 N–H and O–H groups in total. The minimum absolute atomic E-state index is 0.0567. The van der Waals surface area contributed by atoms with E-state index in [4.69, 9.17) is 9.47 Å². The number of pyridine rings is 1. The fourth-order valence-electron chi connectivity index (χ4n) is 5.59. The Morgan fingerprint density at radius 1 is 0.946 bits per heavy atom. The molecule has 2 aliphatic rings. The first-order valence-corrected chi connectivity index (χ1v) is 12.6. The van der Waals surface area contributed by atoms with Gasteiger partial charge in [0, 0.05) is 47.2 Å². The van der Waals surface area contributed by atoms with Crippen LogP contribution in [0.4, 0.5) is 11.5 Å². The van der Waals surface area contributed by atoms with Crippen LogP contribution in [-0.4, -0.2) is 49.1 Å². The molecular formula is C29H32N4O4. The summed E-state index contributed by atoms with van der Waals surface area (Å²) in [6, 6.07) is 17.3. The quantitative estimate of drug-likeness (QED) is 0.493. The molecule has 192 valence electrons. The van der Waals surface area contributed by atoms with E-state index in [0.29, 0.717) is 40.4 Å². The zero-order chi connectivity index (χ0) is 25.9. The van der Waals surface area contributed by atoms with E-state index in [1.165, 1.54) is 0 Å². The first-order chi connectivity index (χ1) is 18.0. The van der Waals surface area contributed by atoms with Crippen molar-refractivity contribution in [3.05, 3.63) is 77.5 Å². The number of fused-ring (bicyclic) bond motifs is 2. The molecule has 8 nitrogen and oxygen atoms in total. The SMILES string of the molecule is COc1cccc(NC(=O)c2ccc(N3[C@@H]4CC[C@H]3C[C@@H](NC(=O)c3cccc(OC)c3C)C4)nc2)c1. The van der Waals surface area contributed by atoms with Crippen LogP contribution in [0.15, 0.2) is 60.8 Å². The molecule has 1 aromatic heterocycles. The number of piperidine rings is 1. The van der Waals surface area contributed by atoms with Gasteiger partial charge in [-0.2, -0.15) is 0 Å². The number of rotatable bonds is 7. The number of methoxy groups -OCH3 is 2. The fraction of sp³-hybridized carbons (Fsp3) is 0.345. The van der Waals surface area contributed by atoms with E-state index in [1.807, 2.05) is 55.5 Å². The number of hydrogen-bond acceptors (Lipinski definition) is 6. The summed E-state index contributed by atoms with van der Waals surface area (Å²) in [5.74, 6) is 2.00. The van der Waals surface area contributed by atoms with Crippen molar-refractivity contribution in [1.82, 2.24) is 10.3 Å². The van der Waals surface area contributed by atoms with E-state index in [0.717, 1.165) is 37.1 Å². The summed E-state index contributed by atoms with van der Waals surface area (Å²) in [7, 11) is 3.21. The molecule has 2 aliphatic heterocycles. The van der Waals surface area contributed by atoms with Gasteiger partial charge in [-0.05, 0) is 69.0 Å². The Hall–Kier alpha value is -4.07. The minimum Gasteiger partial charge on any atom is -0.497 e. The van der Waals surface area contributed by atoms with Gasteiger partial charge >= 0.3 is 0 Å². The molecule has 0 unspecified atom stereocenters. The van der Waals surface area contributed by atoms with Crippen LogP contribution in [-0.2, 0) is 0 Å². The summed E-state index contributed by atoms with van der Waals surface area (Å²) in [6.45, 7) is 1.91. The van der Waals surface area contributed by atoms with Crippen molar-refractivity contribution in [1.29, 1.82) is 0 Å². The lowest BCUT2D eigenvalue weighted by atomic mass is 9.96. The van der Waals surface area contributed by atoms with Crippen LogP contribution in [0.3, 0.4) is 0 Å². The molecular weight excluding hydrogens is 468 g/mol. The lowest BCUT2D eigenvalue weighted by Crippen LogP contribution is -2.50. The second-order valence-electron chi connectivity index (χ2n) is 9.66. The van der Waals surface area contributed by atoms with Crippen LogP contribution < -0.4 is 25.0 Å². The van der Waals surface area contributed by atoms with E-state index >= 15 is 0 Å². The molecule has 2 amide bonds. The Morgan fingerprint density at radius 2 is 1.70 bits per heavy atom. The van der Waals surface area contributed by atoms with E-state index < -0.39 is 0 Å². The van der Waals surface area contributed by atoms with Gasteiger partial charge in [-0.1, -0.05) is 12.1 Å². The van der Waals surface area contributed by atoms with E-state index in [1.54, 1.807) is 26.5 Å². The zero-order valence-corrected chi connectivity index (χ0v) is 21.4. The van der Waals surface area contributed by atoms with E-state index in [-0.39, 0.29) is 17.9 Å². The maximum atomic E-state index is 13.0. The lowest BCUT2D eigenvalue weighted by Gasteiger charge is -2.40. The predicted octanol–water partition coefficient (Wildman–Crippen LogP) is 4.59. The number of carbonyl (C=O) groups excluding carboxylic acids is 2. The molecule has 3 atom stereocenters. The third kappa shape index (κ3) is 5.09. The van der Waals surface area contributed by atoms with Crippen LogP contribution in [0.2, 0.25) is 0 Å². The number of nitrogens with one attached hydrogen (secondary N) is 2. The van der Waals surface area contributed by atoms with Crippen LogP contribution in [0, 0.1) is 6.92 Å². The Bertz CT molecular complexity index is 1280. The highest BCUT2D eigenvalue weighted by atomic mass is 16.5. The van der Waals surface area contributed by atoms with Gasteiger partial charge in [0.1, 0.15) is 17.3 Å². The molecule has 2 saturated heterocycles. The second kappa shape index (κ2) is 10.5. The zero-order valence-electron chi connectivity index (χ0n) is 21.4. The van der Waals surface area contributed by atoms with Crippen LogP contribution >= 0.6 is 0 Å². The van der Waals surface area contributed by atoms with Crippen molar-refractivity contribution in [2.75, 3.05) is 24.4 Å². The van der Waals surface area contributed by atoms with Crippen molar-refractivity contribution < 1.29 is 19.1 Å². The average Bonchev–Trinajstić information content (AvgIpc) is 3.18. The first kappa shape index (κ1) is 24.6. The topological polar surface area (TPSA) is 92.8 Å². The van der Waals surface area contributed by atoms with Gasteiger partial charge in [-0.3, -0.25) is 9.59 Å². The van der Waals surface area contributed by atoms with Crippen molar-refractivity contribution in [3.63, 3.8) is 0 Å². The molecule has 0 saturated carbocycles. The molecule has 5 rings (SSSR count). The molecule has 2 aromatic carbocycles. The Kier molecular flexibility index (Phi) is 6.99. The standard InChI is InChI=1S/C29H32N4O4/c1-18-25(8-5-9-26(18)37-3)29(35)32-21-14-22-11-12-23(15-21)33(22)27-13-10-19(17-30-27)28(34)31-20-6-4-7-24(16-20)36-2/h4-10,13,16-17,21-23H,11-12,14-15H2,1-3H3,(H,31,34)(H,32,35)/t21-,22+,23-. The van der Waals surface area contributed by atoms with Gasteiger partial charge in [0.25, 0.3) is 11.8 Å². The second-order valence-corrected chi connectivity index (χ2v) is 9.66. The van der Waals surface area contributed by atoms with Crippen molar-refractivity contribution in [2.45, 2.75) is 50.7 Å². The summed E-state index contributed by atoms with van der Waals surface area (Å²) in [5, 5.41) is 6.14. The van der Waals surface area contributed by atoms with Gasteiger partial charge < -0.3 is 25.0 Å². The number of anilines is 2. The van der Waals surface area contributed by atoms with Crippen LogP contribution in [0.1, 0.15) is 52.0 Å². The molecule has 0 aliphatic carbocycles. The smallest absolute Gasteiger partial charge is 0.257 e. The number of ether oxygens (including phenoxy) is 2. The van der Waals surface area contributed by atoms with Gasteiger partial charge in [0.05, 0.1) is 19.8 Å². The Morgan fingerprint density at radius 3 is 2.38 bits per heavy atom. The average molecular weight is 501 g/mol. The maximum Gasteiger partial charge on any atom is 0.257 e. The summed E-state index contributed by atoms with van der Waals surface area (Å²) in [4.78, 5) is 32.7. The number of carbonyl (C=O) groups is 2. The monoisotopic (exact) mass is 500 g/mol. The number of hydrogen-bond donors (Lipinski definition) is 2. The van der Waals surface area contributed by atoms with Crippen molar-refractivity contribution in [2.24, 2.45) is 0 Å². The van der Waals surface area contributed by atoms with Gasteiger partial charge in [0.2, 0.25) is 0 Å². The minimum atomic E-state index is -0.218. The highest BCUT2D eigenvalue weighted by Gasteiger charge is 2.42. The molecule has 0 radical (unpaired) electrons. The normalized spacial score (nSPS) is 20.3. The molecule has 2 bridgehead atoms. The molecule has 0 spiro atoms. The van der Waals surface area contributed by atoms with E-state index in [2.05, 4.69) is 20.5 Å². The predicted molar refractivity (Wildman–Crippen MR) is 143 cm³/mol. The summed E-state index contributed by atoms with van der Waals surface area (Å²) >= 11 is 0. The third-order valence-corrected chi connectivity index (χ3v) is 7.42. The first-order valence-electron chi connectivity index (χ1n) is 12.6. The molecule has 3 aromatic rings. The molecule has 37 heavy (non-hydrogen) atoms. The lowest BCUT2D eigenvalue weighted by molar-refractivity contribution is 0.0925. The van der Waals surface area contributed by atoms with Gasteiger partial charge in [-0.15, -0.1) is 0 Å². The summed E-state index contributed by atoms with van der Waals surface area (Å²) in [6.07, 6.45) is 5.49. The van der Waals surface area contributed by atoms with Gasteiger partial charge in [-0.25, -0.2) is 4.98 Å².